The predicted molar refractivity (Wildman–Crippen MR) is 72.8 cm³/mol. The molecule has 0 aromatic heterocycles. The number of carbonyl (C=O) groups excluding carboxylic acids is 2. The first-order chi connectivity index (χ1) is 10.3. The Kier molecular flexibility index (Phi) is 2.59. The molecule has 2 aromatic carbocycles. The summed E-state index contributed by atoms with van der Waals surface area (Å²) in [7, 11) is 0. The second-order valence-corrected chi connectivity index (χ2v) is 4.98. The standard InChI is InChI=1S/C15H10O7/c1-4-2-5(16)8-10(12(4)19)15(22)11-9(14(8)21)6(17)3-7(18)13(11)20/h2-3,16-20H,1H3. The zero-order valence-corrected chi connectivity index (χ0v) is 11.2. The number of phenolic OH excluding ortho intramolecular Hbond substituents is 5. The van der Waals surface area contributed by atoms with Crippen molar-refractivity contribution >= 4 is 11.6 Å². The summed E-state index contributed by atoms with van der Waals surface area (Å²) in [6.45, 7) is 1.42. The Morgan fingerprint density at radius 1 is 0.636 bits per heavy atom. The van der Waals surface area contributed by atoms with Gasteiger partial charge in [0.1, 0.15) is 17.2 Å². The first kappa shape index (κ1) is 13.7. The van der Waals surface area contributed by atoms with E-state index in [9.17, 15) is 35.1 Å². The molecular formula is C15H10O7. The number of hydrogen-bond acceptors (Lipinski definition) is 7. The lowest BCUT2D eigenvalue weighted by Crippen LogP contribution is -2.22. The van der Waals surface area contributed by atoms with Crippen LogP contribution in [0.25, 0.3) is 0 Å². The molecule has 3 rings (SSSR count). The van der Waals surface area contributed by atoms with E-state index in [0.29, 0.717) is 0 Å². The van der Waals surface area contributed by atoms with Gasteiger partial charge in [0, 0.05) is 6.07 Å². The van der Waals surface area contributed by atoms with Crippen LogP contribution >= 0.6 is 0 Å². The van der Waals surface area contributed by atoms with Gasteiger partial charge in [-0.25, -0.2) is 0 Å². The summed E-state index contributed by atoms with van der Waals surface area (Å²) >= 11 is 0. The highest BCUT2D eigenvalue weighted by molar-refractivity contribution is 6.32. The Bertz CT molecular complexity index is 811. The number of rotatable bonds is 0. The van der Waals surface area contributed by atoms with Crippen LogP contribution < -0.4 is 0 Å². The number of benzene rings is 2. The van der Waals surface area contributed by atoms with Crippen LogP contribution in [0.2, 0.25) is 0 Å². The van der Waals surface area contributed by atoms with Crippen molar-refractivity contribution in [3.05, 3.63) is 39.9 Å². The molecule has 112 valence electrons. The second kappa shape index (κ2) is 4.14. The van der Waals surface area contributed by atoms with Gasteiger partial charge in [0.05, 0.1) is 22.3 Å². The molecule has 0 fully saturated rings. The third kappa shape index (κ3) is 1.50. The van der Waals surface area contributed by atoms with Gasteiger partial charge in [-0.2, -0.15) is 0 Å². The van der Waals surface area contributed by atoms with Crippen LogP contribution in [0.3, 0.4) is 0 Å². The van der Waals surface area contributed by atoms with Crippen molar-refractivity contribution in [3.63, 3.8) is 0 Å². The van der Waals surface area contributed by atoms with E-state index >= 15 is 0 Å². The van der Waals surface area contributed by atoms with E-state index in [0.717, 1.165) is 12.1 Å². The zero-order chi connectivity index (χ0) is 16.3. The quantitative estimate of drug-likeness (QED) is 0.312. The lowest BCUT2D eigenvalue weighted by molar-refractivity contribution is 0.0968. The van der Waals surface area contributed by atoms with E-state index in [1.165, 1.54) is 6.92 Å². The summed E-state index contributed by atoms with van der Waals surface area (Å²) in [5.41, 5.74) is -1.93. The van der Waals surface area contributed by atoms with E-state index in [1.54, 1.807) is 0 Å². The molecule has 0 saturated heterocycles. The third-order valence-electron chi connectivity index (χ3n) is 3.64. The summed E-state index contributed by atoms with van der Waals surface area (Å²) in [4.78, 5) is 24.9. The second-order valence-electron chi connectivity index (χ2n) is 4.98. The molecule has 0 spiro atoms. The van der Waals surface area contributed by atoms with Crippen molar-refractivity contribution in [1.29, 1.82) is 0 Å². The normalized spacial score (nSPS) is 13.0. The lowest BCUT2D eigenvalue weighted by Gasteiger charge is -2.22. The van der Waals surface area contributed by atoms with E-state index in [4.69, 9.17) is 0 Å². The molecule has 0 saturated carbocycles. The van der Waals surface area contributed by atoms with Gasteiger partial charge in [-0.15, -0.1) is 0 Å². The molecule has 22 heavy (non-hydrogen) atoms. The highest BCUT2D eigenvalue weighted by Crippen LogP contribution is 2.46. The first-order valence-corrected chi connectivity index (χ1v) is 6.18. The fraction of sp³-hybridized carbons (Fsp3) is 0.0667. The molecule has 0 heterocycles. The molecule has 0 amide bonds. The smallest absolute Gasteiger partial charge is 0.202 e. The maximum absolute atomic E-state index is 12.5. The molecule has 0 bridgehead atoms. The van der Waals surface area contributed by atoms with Crippen molar-refractivity contribution in [2.45, 2.75) is 6.92 Å². The topological polar surface area (TPSA) is 135 Å². The molecule has 0 unspecified atom stereocenters. The molecule has 7 heteroatoms. The Labute approximate surface area is 123 Å². The molecular weight excluding hydrogens is 292 g/mol. The van der Waals surface area contributed by atoms with Gasteiger partial charge in [-0.3, -0.25) is 9.59 Å². The maximum atomic E-state index is 12.5. The Balaban J connectivity index is 2.49. The average Bonchev–Trinajstić information content (AvgIpc) is 2.44. The molecule has 2 aromatic rings. The lowest BCUT2D eigenvalue weighted by atomic mass is 9.81. The van der Waals surface area contributed by atoms with E-state index in [1.807, 2.05) is 0 Å². The number of fused-ring (bicyclic) bond motifs is 2. The van der Waals surface area contributed by atoms with Crippen molar-refractivity contribution in [2.24, 2.45) is 0 Å². The predicted octanol–water partition coefficient (Wildman–Crippen LogP) is 1.30. The molecule has 7 nitrogen and oxygen atoms in total. The Morgan fingerprint density at radius 3 is 1.68 bits per heavy atom. The van der Waals surface area contributed by atoms with Crippen molar-refractivity contribution in [3.8, 4) is 28.7 Å². The fourth-order valence-electron chi connectivity index (χ4n) is 2.59. The SMILES string of the molecule is Cc1cc(O)c2c(c1O)C(=O)c1c(O)c(O)cc(O)c1C2=O. The number of aromatic hydroxyl groups is 5. The Morgan fingerprint density at radius 2 is 1.09 bits per heavy atom. The number of aryl methyl sites for hydroxylation is 1. The van der Waals surface area contributed by atoms with E-state index < -0.39 is 62.6 Å². The van der Waals surface area contributed by atoms with Crippen molar-refractivity contribution in [1.82, 2.24) is 0 Å². The number of hydrogen-bond donors (Lipinski definition) is 5. The van der Waals surface area contributed by atoms with E-state index in [2.05, 4.69) is 0 Å². The molecule has 1 aliphatic rings. The fourth-order valence-corrected chi connectivity index (χ4v) is 2.59. The summed E-state index contributed by atoms with van der Waals surface area (Å²) in [5, 5.41) is 49.1. The van der Waals surface area contributed by atoms with Gasteiger partial charge in [-0.1, -0.05) is 0 Å². The van der Waals surface area contributed by atoms with Crippen LogP contribution in [0.5, 0.6) is 28.7 Å². The van der Waals surface area contributed by atoms with Gasteiger partial charge in [0.2, 0.25) is 11.6 Å². The zero-order valence-electron chi connectivity index (χ0n) is 11.2. The van der Waals surface area contributed by atoms with Crippen molar-refractivity contribution in [2.75, 3.05) is 0 Å². The molecule has 0 aliphatic heterocycles. The molecule has 5 N–H and O–H groups in total. The van der Waals surface area contributed by atoms with Crippen LogP contribution in [0.15, 0.2) is 12.1 Å². The van der Waals surface area contributed by atoms with Crippen LogP contribution in [-0.2, 0) is 0 Å². The first-order valence-electron chi connectivity index (χ1n) is 6.18. The molecule has 1 aliphatic carbocycles. The minimum atomic E-state index is -0.982. The van der Waals surface area contributed by atoms with Gasteiger partial charge < -0.3 is 25.5 Å². The van der Waals surface area contributed by atoms with Crippen LogP contribution in [-0.4, -0.2) is 37.1 Å². The maximum Gasteiger partial charge on any atom is 0.202 e. The van der Waals surface area contributed by atoms with Crippen LogP contribution in [0, 0.1) is 6.92 Å². The summed E-state index contributed by atoms with van der Waals surface area (Å²) in [6.07, 6.45) is 0. The number of carbonyl (C=O) groups is 2. The van der Waals surface area contributed by atoms with Gasteiger partial charge in [0.25, 0.3) is 0 Å². The largest absolute Gasteiger partial charge is 0.507 e. The average molecular weight is 302 g/mol. The van der Waals surface area contributed by atoms with Crippen LogP contribution in [0.1, 0.15) is 37.4 Å². The minimum absolute atomic E-state index is 0.157. The van der Waals surface area contributed by atoms with Gasteiger partial charge in [0.15, 0.2) is 11.5 Å². The number of phenols is 5. The Hall–Kier alpha value is -3.22. The summed E-state index contributed by atoms with van der Waals surface area (Å²) in [5.74, 6) is -5.33. The monoisotopic (exact) mass is 302 g/mol. The minimum Gasteiger partial charge on any atom is -0.507 e. The van der Waals surface area contributed by atoms with Gasteiger partial charge in [-0.05, 0) is 18.6 Å². The molecule has 0 atom stereocenters. The summed E-state index contributed by atoms with van der Waals surface area (Å²) in [6, 6.07) is 1.83. The van der Waals surface area contributed by atoms with Gasteiger partial charge >= 0.3 is 0 Å². The highest BCUT2D eigenvalue weighted by atomic mass is 16.3. The highest BCUT2D eigenvalue weighted by Gasteiger charge is 2.39. The van der Waals surface area contributed by atoms with Crippen LogP contribution in [0.4, 0.5) is 0 Å². The number of ketones is 2. The summed E-state index contributed by atoms with van der Waals surface area (Å²) < 4.78 is 0. The third-order valence-corrected chi connectivity index (χ3v) is 3.64. The van der Waals surface area contributed by atoms with E-state index in [-0.39, 0.29) is 5.56 Å². The molecule has 0 radical (unpaired) electrons. The van der Waals surface area contributed by atoms with Crippen molar-refractivity contribution < 1.29 is 35.1 Å².